The van der Waals surface area contributed by atoms with Crippen molar-refractivity contribution in [2.75, 3.05) is 13.7 Å². The minimum atomic E-state index is 0.500. The van der Waals surface area contributed by atoms with Crippen LogP contribution in [0, 0.1) is 0 Å². The highest BCUT2D eigenvalue weighted by molar-refractivity contribution is 7.80. The van der Waals surface area contributed by atoms with Gasteiger partial charge in [0.05, 0.1) is 12.8 Å². The van der Waals surface area contributed by atoms with Crippen LogP contribution in [-0.2, 0) is 0 Å². The van der Waals surface area contributed by atoms with Crippen LogP contribution in [0.4, 0.5) is 0 Å². The van der Waals surface area contributed by atoms with E-state index >= 15 is 0 Å². The lowest BCUT2D eigenvalue weighted by molar-refractivity contribution is 0.415. The lowest BCUT2D eigenvalue weighted by atomic mass is 10.1. The van der Waals surface area contributed by atoms with Crippen LogP contribution < -0.4 is 20.9 Å². The molecule has 0 radical (unpaired) electrons. The molecular weight excluding hydrogens is 306 g/mol. The number of hydrogen-bond acceptors (Lipinski definition) is 3. The van der Waals surface area contributed by atoms with Crippen molar-refractivity contribution in [3.8, 4) is 5.75 Å². The Hall–Kier alpha value is -2.53. The molecule has 0 fully saturated rings. The lowest BCUT2D eigenvalue weighted by Gasteiger charge is -2.15. The smallest absolute Gasteiger partial charge is 0.185 e. The third kappa shape index (κ3) is 4.72. The van der Waals surface area contributed by atoms with Gasteiger partial charge in [0.2, 0.25) is 0 Å². The minimum Gasteiger partial charge on any atom is -0.497 e. The Bertz CT molecular complexity index is 755. The molecule has 3 N–H and O–H groups in total. The second kappa shape index (κ2) is 7.65. The van der Waals surface area contributed by atoms with Gasteiger partial charge in [-0.15, -0.1) is 0 Å². The van der Waals surface area contributed by atoms with Gasteiger partial charge in [0, 0.05) is 6.54 Å². The zero-order valence-electron chi connectivity index (χ0n) is 13.4. The molecule has 0 bridgehead atoms. The van der Waals surface area contributed by atoms with E-state index in [9.17, 15) is 0 Å². The standard InChI is InChI=1S/C18H21N3OS/c1-12(2)11-19-18(23)21-20-13(3)14-5-6-16-10-17(22-4)8-7-15(16)9-14/h5-10,20H,1,3,11H2,2,4H3,(H2,19,21,23). The van der Waals surface area contributed by atoms with Crippen LogP contribution >= 0.6 is 12.2 Å². The summed E-state index contributed by atoms with van der Waals surface area (Å²) in [5, 5.41) is 5.77. The molecular formula is C18H21N3OS. The van der Waals surface area contributed by atoms with Crippen LogP contribution in [0.3, 0.4) is 0 Å². The van der Waals surface area contributed by atoms with E-state index in [-0.39, 0.29) is 0 Å². The number of nitrogens with one attached hydrogen (secondary N) is 3. The maximum absolute atomic E-state index is 5.24. The van der Waals surface area contributed by atoms with Gasteiger partial charge in [-0.1, -0.05) is 36.9 Å². The van der Waals surface area contributed by atoms with Crippen molar-refractivity contribution < 1.29 is 4.74 Å². The maximum atomic E-state index is 5.24. The van der Waals surface area contributed by atoms with Gasteiger partial charge < -0.3 is 10.1 Å². The van der Waals surface area contributed by atoms with Gasteiger partial charge >= 0.3 is 0 Å². The van der Waals surface area contributed by atoms with E-state index in [4.69, 9.17) is 17.0 Å². The highest BCUT2D eigenvalue weighted by Gasteiger charge is 2.03. The zero-order chi connectivity index (χ0) is 16.8. The Kier molecular flexibility index (Phi) is 5.60. The van der Waals surface area contributed by atoms with Crippen molar-refractivity contribution in [2.45, 2.75) is 6.92 Å². The first-order chi connectivity index (χ1) is 11.0. The van der Waals surface area contributed by atoms with Crippen molar-refractivity contribution in [3.63, 3.8) is 0 Å². The number of ether oxygens (including phenoxy) is 1. The Morgan fingerprint density at radius 3 is 2.48 bits per heavy atom. The first-order valence-electron chi connectivity index (χ1n) is 7.21. The van der Waals surface area contributed by atoms with Gasteiger partial charge in [0.25, 0.3) is 0 Å². The Morgan fingerprint density at radius 1 is 1.09 bits per heavy atom. The first-order valence-corrected chi connectivity index (χ1v) is 7.62. The van der Waals surface area contributed by atoms with E-state index in [2.05, 4.69) is 35.4 Å². The average molecular weight is 327 g/mol. The molecule has 0 heterocycles. The molecule has 5 heteroatoms. The van der Waals surface area contributed by atoms with Crippen LogP contribution in [0.25, 0.3) is 16.5 Å². The summed E-state index contributed by atoms with van der Waals surface area (Å²) in [4.78, 5) is 0. The molecule has 0 spiro atoms. The molecule has 120 valence electrons. The predicted molar refractivity (Wildman–Crippen MR) is 101 cm³/mol. The predicted octanol–water partition coefficient (Wildman–Crippen LogP) is 3.36. The van der Waals surface area contributed by atoms with E-state index in [1.165, 1.54) is 0 Å². The molecule has 0 aliphatic rings. The Labute approximate surface area is 142 Å². The highest BCUT2D eigenvalue weighted by atomic mass is 32.1. The molecule has 4 nitrogen and oxygen atoms in total. The number of rotatable bonds is 6. The van der Waals surface area contributed by atoms with Gasteiger partial charge in [0.1, 0.15) is 5.75 Å². The fraction of sp³-hybridized carbons (Fsp3) is 0.167. The van der Waals surface area contributed by atoms with Crippen molar-refractivity contribution in [3.05, 3.63) is 60.7 Å². The molecule has 2 aromatic rings. The summed E-state index contributed by atoms with van der Waals surface area (Å²) >= 11 is 5.16. The molecule has 0 amide bonds. The van der Waals surface area contributed by atoms with Crippen LogP contribution in [-0.4, -0.2) is 18.8 Å². The topological polar surface area (TPSA) is 45.3 Å². The van der Waals surface area contributed by atoms with E-state index < -0.39 is 0 Å². The summed E-state index contributed by atoms with van der Waals surface area (Å²) in [6.07, 6.45) is 0. The van der Waals surface area contributed by atoms with Crippen molar-refractivity contribution in [1.82, 2.24) is 16.2 Å². The van der Waals surface area contributed by atoms with Crippen molar-refractivity contribution in [2.24, 2.45) is 0 Å². The van der Waals surface area contributed by atoms with Gasteiger partial charge in [0.15, 0.2) is 5.11 Å². The molecule has 0 aliphatic heterocycles. The molecule has 0 unspecified atom stereocenters. The number of hydrogen-bond donors (Lipinski definition) is 3. The van der Waals surface area contributed by atoms with E-state index in [1.54, 1.807) is 7.11 Å². The lowest BCUT2D eigenvalue weighted by Crippen LogP contribution is -2.43. The summed E-state index contributed by atoms with van der Waals surface area (Å²) in [7, 11) is 1.66. The molecule has 23 heavy (non-hydrogen) atoms. The monoisotopic (exact) mass is 327 g/mol. The average Bonchev–Trinajstić information content (AvgIpc) is 2.56. The SMILES string of the molecule is C=C(C)CNC(=S)NNC(=C)c1ccc2cc(OC)ccc2c1. The number of hydrazine groups is 1. The van der Waals surface area contributed by atoms with Gasteiger partial charge in [-0.25, -0.2) is 0 Å². The van der Waals surface area contributed by atoms with E-state index in [0.717, 1.165) is 33.4 Å². The Balaban J connectivity index is 2.00. The molecule has 0 aliphatic carbocycles. The van der Waals surface area contributed by atoms with Crippen LogP contribution in [0.1, 0.15) is 12.5 Å². The summed E-state index contributed by atoms with van der Waals surface area (Å²) in [6.45, 7) is 10.4. The molecule has 0 saturated carbocycles. The molecule has 2 aromatic carbocycles. The second-order valence-corrected chi connectivity index (χ2v) is 5.70. The highest BCUT2D eigenvalue weighted by Crippen LogP contribution is 2.23. The summed E-state index contributed by atoms with van der Waals surface area (Å²) in [5.41, 5.74) is 8.65. The van der Waals surface area contributed by atoms with Crippen LogP contribution in [0.2, 0.25) is 0 Å². The molecule has 0 aromatic heterocycles. The third-order valence-electron chi connectivity index (χ3n) is 3.27. The van der Waals surface area contributed by atoms with E-state index in [0.29, 0.717) is 11.7 Å². The van der Waals surface area contributed by atoms with Gasteiger partial charge in [-0.05, 0) is 53.7 Å². The maximum Gasteiger partial charge on any atom is 0.185 e. The molecule has 0 saturated heterocycles. The van der Waals surface area contributed by atoms with Crippen molar-refractivity contribution in [1.29, 1.82) is 0 Å². The second-order valence-electron chi connectivity index (χ2n) is 5.30. The number of benzene rings is 2. The summed E-state index contributed by atoms with van der Waals surface area (Å²) in [6, 6.07) is 12.1. The third-order valence-corrected chi connectivity index (χ3v) is 3.52. The number of thiocarbonyl (C=S) groups is 1. The largest absolute Gasteiger partial charge is 0.497 e. The van der Waals surface area contributed by atoms with Gasteiger partial charge in [-0.2, -0.15) is 0 Å². The van der Waals surface area contributed by atoms with Crippen LogP contribution in [0.15, 0.2) is 55.1 Å². The first kappa shape index (κ1) is 16.8. The molecule has 0 atom stereocenters. The summed E-state index contributed by atoms with van der Waals surface area (Å²) < 4.78 is 5.24. The quantitative estimate of drug-likeness (QED) is 0.431. The van der Waals surface area contributed by atoms with Crippen molar-refractivity contribution >= 4 is 33.8 Å². The normalized spacial score (nSPS) is 10.0. The number of methoxy groups -OCH3 is 1. The number of fused-ring (bicyclic) bond motifs is 1. The Morgan fingerprint density at radius 2 is 1.78 bits per heavy atom. The van der Waals surface area contributed by atoms with Crippen LogP contribution in [0.5, 0.6) is 5.75 Å². The zero-order valence-corrected chi connectivity index (χ0v) is 14.2. The van der Waals surface area contributed by atoms with Gasteiger partial charge in [-0.3, -0.25) is 10.9 Å². The summed E-state index contributed by atoms with van der Waals surface area (Å²) in [5.74, 6) is 0.845. The minimum absolute atomic E-state index is 0.500. The fourth-order valence-electron chi connectivity index (χ4n) is 2.02. The molecule has 2 rings (SSSR count). The fourth-order valence-corrected chi connectivity index (χ4v) is 2.14. The van der Waals surface area contributed by atoms with E-state index in [1.807, 2.05) is 37.3 Å².